The molecule has 0 heterocycles. The van der Waals surface area contributed by atoms with Crippen LogP contribution < -0.4 is 15.8 Å². The number of thiocarbonyl (C=S) groups is 1. The zero-order valence-corrected chi connectivity index (χ0v) is 15.7. The number of ether oxygens (including phenoxy) is 1. The van der Waals surface area contributed by atoms with Crippen LogP contribution >= 0.6 is 58.6 Å². The minimum absolute atomic E-state index is 0.133. The third kappa shape index (κ3) is 4.88. The summed E-state index contributed by atoms with van der Waals surface area (Å²) < 4.78 is 5.62. The summed E-state index contributed by atoms with van der Waals surface area (Å²) >= 11 is 28.8. The Bertz CT molecular complexity index is 791. The fraction of sp³-hybridized carbons (Fsp3) is 0.0667. The van der Waals surface area contributed by atoms with Gasteiger partial charge in [-0.05, 0) is 36.5 Å². The van der Waals surface area contributed by atoms with Gasteiger partial charge < -0.3 is 10.5 Å². The van der Waals surface area contributed by atoms with Gasteiger partial charge in [-0.2, -0.15) is 0 Å². The molecule has 24 heavy (non-hydrogen) atoms. The van der Waals surface area contributed by atoms with Gasteiger partial charge in [-0.1, -0.05) is 52.5 Å². The van der Waals surface area contributed by atoms with Crippen LogP contribution in [0.4, 0.5) is 0 Å². The van der Waals surface area contributed by atoms with Gasteiger partial charge in [0.05, 0.1) is 10.0 Å². The molecule has 0 spiro atoms. The summed E-state index contributed by atoms with van der Waals surface area (Å²) in [5, 5.41) is 3.45. The lowest BCUT2D eigenvalue weighted by Gasteiger charge is -2.12. The smallest absolute Gasteiger partial charge is 0.257 e. The molecule has 1 amide bonds. The predicted octanol–water partition coefficient (Wildman–Crippen LogP) is 4.85. The molecular weight excluding hydrogens is 414 g/mol. The first-order valence-corrected chi connectivity index (χ1v) is 8.36. The standard InChI is InChI=1S/C15H10Cl4N2O2S/c16-9-2-1-7(10(17)5-9)6-23-13-11(18)3-8(4-12(13)19)14(22)21-15(20)24/h1-5H,6H2,(H3,20,21,22,24). The Morgan fingerprint density at radius 1 is 1.08 bits per heavy atom. The number of benzene rings is 2. The maximum atomic E-state index is 11.9. The third-order valence-electron chi connectivity index (χ3n) is 2.88. The molecule has 2 rings (SSSR count). The summed E-state index contributed by atoms with van der Waals surface area (Å²) in [6.07, 6.45) is 0. The van der Waals surface area contributed by atoms with Crippen molar-refractivity contribution in [3.05, 3.63) is 61.5 Å². The van der Waals surface area contributed by atoms with Gasteiger partial charge in [0.1, 0.15) is 6.61 Å². The van der Waals surface area contributed by atoms with Gasteiger partial charge >= 0.3 is 0 Å². The molecule has 0 atom stereocenters. The average Bonchev–Trinajstić information content (AvgIpc) is 2.47. The monoisotopic (exact) mass is 422 g/mol. The highest BCUT2D eigenvalue weighted by molar-refractivity contribution is 7.80. The lowest BCUT2D eigenvalue weighted by Crippen LogP contribution is -2.34. The van der Waals surface area contributed by atoms with Gasteiger partial charge in [0.15, 0.2) is 10.9 Å². The van der Waals surface area contributed by atoms with Crippen LogP contribution in [0.3, 0.4) is 0 Å². The average molecular weight is 424 g/mol. The van der Waals surface area contributed by atoms with E-state index in [2.05, 4.69) is 17.5 Å². The normalized spacial score (nSPS) is 10.3. The first-order valence-electron chi connectivity index (χ1n) is 6.44. The minimum Gasteiger partial charge on any atom is -0.486 e. The third-order valence-corrected chi connectivity index (χ3v) is 4.13. The van der Waals surface area contributed by atoms with E-state index in [1.165, 1.54) is 12.1 Å². The number of carbonyl (C=O) groups excluding carboxylic acids is 1. The minimum atomic E-state index is -0.515. The molecule has 2 aromatic carbocycles. The first kappa shape index (κ1) is 19.1. The van der Waals surface area contributed by atoms with Crippen LogP contribution in [0.1, 0.15) is 15.9 Å². The van der Waals surface area contributed by atoms with E-state index in [0.29, 0.717) is 15.6 Å². The summed E-state index contributed by atoms with van der Waals surface area (Å²) in [5.74, 6) is -0.283. The van der Waals surface area contributed by atoms with Crippen molar-refractivity contribution in [3.63, 3.8) is 0 Å². The SMILES string of the molecule is NC(=S)NC(=O)c1cc(Cl)c(OCc2ccc(Cl)cc2Cl)c(Cl)c1. The summed E-state index contributed by atoms with van der Waals surface area (Å²) in [6.45, 7) is 0.133. The molecule has 0 aliphatic carbocycles. The fourth-order valence-electron chi connectivity index (χ4n) is 1.80. The molecule has 0 saturated carbocycles. The number of halogens is 4. The van der Waals surface area contributed by atoms with E-state index >= 15 is 0 Å². The van der Waals surface area contributed by atoms with E-state index in [1.54, 1.807) is 18.2 Å². The maximum absolute atomic E-state index is 11.9. The second-order valence-electron chi connectivity index (χ2n) is 4.61. The molecule has 0 bridgehead atoms. The number of nitrogens with two attached hydrogens (primary N) is 1. The molecule has 0 saturated heterocycles. The zero-order chi connectivity index (χ0) is 17.9. The van der Waals surface area contributed by atoms with Crippen molar-refractivity contribution in [2.24, 2.45) is 5.73 Å². The lowest BCUT2D eigenvalue weighted by molar-refractivity contribution is 0.0977. The number of rotatable bonds is 4. The molecule has 0 fully saturated rings. The highest BCUT2D eigenvalue weighted by Gasteiger charge is 2.15. The molecule has 0 unspecified atom stereocenters. The second kappa shape index (κ2) is 8.23. The summed E-state index contributed by atoms with van der Waals surface area (Å²) in [7, 11) is 0. The van der Waals surface area contributed by atoms with Crippen LogP contribution in [0.25, 0.3) is 0 Å². The highest BCUT2D eigenvalue weighted by Crippen LogP contribution is 2.35. The quantitative estimate of drug-likeness (QED) is 0.689. The molecule has 0 aliphatic heterocycles. The molecule has 126 valence electrons. The van der Waals surface area contributed by atoms with Gasteiger partial charge in [0, 0.05) is 21.2 Å². The molecule has 0 aliphatic rings. The van der Waals surface area contributed by atoms with Crippen molar-refractivity contribution < 1.29 is 9.53 Å². The predicted molar refractivity (Wildman–Crippen MR) is 102 cm³/mol. The van der Waals surface area contributed by atoms with Gasteiger partial charge in [0.25, 0.3) is 5.91 Å². The van der Waals surface area contributed by atoms with Crippen molar-refractivity contribution >= 4 is 69.6 Å². The van der Waals surface area contributed by atoms with Crippen molar-refractivity contribution in [1.82, 2.24) is 5.32 Å². The Balaban J connectivity index is 2.19. The van der Waals surface area contributed by atoms with E-state index < -0.39 is 5.91 Å². The summed E-state index contributed by atoms with van der Waals surface area (Å²) in [5.41, 5.74) is 6.18. The summed E-state index contributed by atoms with van der Waals surface area (Å²) in [4.78, 5) is 11.9. The van der Waals surface area contributed by atoms with Crippen LogP contribution in [0.15, 0.2) is 30.3 Å². The molecule has 0 aromatic heterocycles. The van der Waals surface area contributed by atoms with Crippen LogP contribution in [-0.2, 0) is 6.61 Å². The maximum Gasteiger partial charge on any atom is 0.257 e. The number of carbonyl (C=O) groups is 1. The van der Waals surface area contributed by atoms with E-state index in [4.69, 9.17) is 56.9 Å². The Morgan fingerprint density at radius 3 is 2.25 bits per heavy atom. The number of hydrogen-bond acceptors (Lipinski definition) is 3. The van der Waals surface area contributed by atoms with Gasteiger partial charge in [0.2, 0.25) is 0 Å². The van der Waals surface area contributed by atoms with Gasteiger partial charge in [-0.3, -0.25) is 10.1 Å². The highest BCUT2D eigenvalue weighted by atomic mass is 35.5. The van der Waals surface area contributed by atoms with Gasteiger partial charge in [-0.15, -0.1) is 0 Å². The lowest BCUT2D eigenvalue weighted by atomic mass is 10.2. The van der Waals surface area contributed by atoms with E-state index in [9.17, 15) is 4.79 Å². The number of amides is 1. The first-order chi connectivity index (χ1) is 11.3. The largest absolute Gasteiger partial charge is 0.486 e. The molecular formula is C15H10Cl4N2O2S. The molecule has 9 heteroatoms. The Labute approximate surface area is 163 Å². The zero-order valence-electron chi connectivity index (χ0n) is 11.9. The van der Waals surface area contributed by atoms with Crippen molar-refractivity contribution in [2.75, 3.05) is 0 Å². The number of nitrogens with one attached hydrogen (secondary N) is 1. The van der Waals surface area contributed by atoms with Crippen molar-refractivity contribution in [1.29, 1.82) is 0 Å². The fourth-order valence-corrected chi connectivity index (χ4v) is 2.95. The van der Waals surface area contributed by atoms with E-state index in [0.717, 1.165) is 0 Å². The number of hydrogen-bond donors (Lipinski definition) is 2. The second-order valence-corrected chi connectivity index (χ2v) is 6.71. The van der Waals surface area contributed by atoms with Crippen LogP contribution in [0, 0.1) is 0 Å². The molecule has 3 N–H and O–H groups in total. The Kier molecular flexibility index (Phi) is 6.54. The van der Waals surface area contributed by atoms with E-state index in [-0.39, 0.29) is 33.1 Å². The Hall–Kier alpha value is -1.24. The topological polar surface area (TPSA) is 64.3 Å². The van der Waals surface area contributed by atoms with Crippen molar-refractivity contribution in [3.8, 4) is 5.75 Å². The Morgan fingerprint density at radius 2 is 1.71 bits per heavy atom. The summed E-state index contributed by atoms with van der Waals surface area (Å²) in [6, 6.07) is 7.84. The van der Waals surface area contributed by atoms with Crippen molar-refractivity contribution in [2.45, 2.75) is 6.61 Å². The molecule has 0 radical (unpaired) electrons. The van der Waals surface area contributed by atoms with E-state index in [1.807, 2.05) is 0 Å². The van der Waals surface area contributed by atoms with Gasteiger partial charge in [-0.25, -0.2) is 0 Å². The van der Waals surface area contributed by atoms with Crippen LogP contribution in [0.2, 0.25) is 20.1 Å². The molecule has 2 aromatic rings. The van der Waals surface area contributed by atoms with Crippen LogP contribution in [0.5, 0.6) is 5.75 Å². The molecule has 4 nitrogen and oxygen atoms in total. The van der Waals surface area contributed by atoms with Crippen LogP contribution in [-0.4, -0.2) is 11.0 Å².